The molecule has 0 bridgehead atoms. The van der Waals surface area contributed by atoms with Gasteiger partial charge in [0.2, 0.25) is 0 Å². The second kappa shape index (κ2) is 7.29. The fourth-order valence-corrected chi connectivity index (χ4v) is 3.02. The van der Waals surface area contributed by atoms with E-state index in [1.165, 1.54) is 11.6 Å². The summed E-state index contributed by atoms with van der Waals surface area (Å²) in [6, 6.07) is 10.8. The standard InChI is InChI=1S/C18H19Cl2F/c1-3-5-12(4-2)15-8-7-14(19)11-16(15)13-6-9-17(20)18(21)10-13/h6-12H,3-5H2,1-2H3. The van der Waals surface area contributed by atoms with Crippen molar-refractivity contribution >= 4 is 23.2 Å². The molecular formula is C18H19Cl2F. The van der Waals surface area contributed by atoms with E-state index in [4.69, 9.17) is 23.2 Å². The summed E-state index contributed by atoms with van der Waals surface area (Å²) in [7, 11) is 0. The zero-order valence-electron chi connectivity index (χ0n) is 12.3. The van der Waals surface area contributed by atoms with E-state index in [-0.39, 0.29) is 5.02 Å². The Morgan fingerprint density at radius 3 is 2.43 bits per heavy atom. The molecule has 21 heavy (non-hydrogen) atoms. The predicted molar refractivity (Wildman–Crippen MR) is 89.8 cm³/mol. The molecule has 0 fully saturated rings. The maximum Gasteiger partial charge on any atom is 0.142 e. The smallest absolute Gasteiger partial charge is 0.142 e. The Morgan fingerprint density at radius 1 is 1.05 bits per heavy atom. The van der Waals surface area contributed by atoms with E-state index in [1.54, 1.807) is 6.07 Å². The maximum atomic E-state index is 13.8. The van der Waals surface area contributed by atoms with Gasteiger partial charge in [-0.3, -0.25) is 0 Å². The summed E-state index contributed by atoms with van der Waals surface area (Å²) in [5.74, 6) is 0.0599. The second-order valence-electron chi connectivity index (χ2n) is 5.25. The monoisotopic (exact) mass is 324 g/mol. The zero-order chi connectivity index (χ0) is 15.4. The predicted octanol–water partition coefficient (Wildman–Crippen LogP) is 7.09. The lowest BCUT2D eigenvalue weighted by atomic mass is 9.86. The molecule has 3 heteroatoms. The van der Waals surface area contributed by atoms with E-state index in [0.29, 0.717) is 10.9 Å². The average molecular weight is 325 g/mol. The van der Waals surface area contributed by atoms with Crippen LogP contribution in [0.1, 0.15) is 44.6 Å². The van der Waals surface area contributed by atoms with E-state index in [1.807, 2.05) is 18.2 Å². The van der Waals surface area contributed by atoms with Crippen molar-refractivity contribution in [2.75, 3.05) is 0 Å². The van der Waals surface area contributed by atoms with Gasteiger partial charge in [-0.2, -0.15) is 0 Å². The molecule has 0 heterocycles. The van der Waals surface area contributed by atoms with Crippen LogP contribution in [0.25, 0.3) is 11.1 Å². The normalized spacial score (nSPS) is 12.4. The summed E-state index contributed by atoms with van der Waals surface area (Å²) in [6.07, 6.45) is 3.29. The largest absolute Gasteiger partial charge is 0.205 e. The molecule has 0 saturated heterocycles. The molecule has 0 N–H and O–H groups in total. The summed E-state index contributed by atoms with van der Waals surface area (Å²) < 4.78 is 13.8. The SMILES string of the molecule is CCCC(CC)c1ccc(Cl)cc1-c1ccc(Cl)c(F)c1. The number of hydrogen-bond donors (Lipinski definition) is 0. The molecule has 0 saturated carbocycles. The van der Waals surface area contributed by atoms with Gasteiger partial charge in [0.15, 0.2) is 0 Å². The first-order chi connectivity index (χ1) is 10.1. The first-order valence-corrected chi connectivity index (χ1v) is 8.07. The molecule has 0 spiro atoms. The molecule has 1 atom stereocenters. The molecule has 0 aliphatic rings. The fourth-order valence-electron chi connectivity index (χ4n) is 2.73. The Bertz CT molecular complexity index is 623. The zero-order valence-corrected chi connectivity index (χ0v) is 13.8. The van der Waals surface area contributed by atoms with Gasteiger partial charge in [-0.05, 0) is 59.7 Å². The highest BCUT2D eigenvalue weighted by atomic mass is 35.5. The summed E-state index contributed by atoms with van der Waals surface area (Å²) in [4.78, 5) is 0. The minimum atomic E-state index is -0.399. The minimum absolute atomic E-state index is 0.142. The van der Waals surface area contributed by atoms with Crippen LogP contribution >= 0.6 is 23.2 Å². The van der Waals surface area contributed by atoms with E-state index in [9.17, 15) is 4.39 Å². The van der Waals surface area contributed by atoms with Gasteiger partial charge in [0, 0.05) is 5.02 Å². The molecule has 1 unspecified atom stereocenters. The van der Waals surface area contributed by atoms with Crippen molar-refractivity contribution < 1.29 is 4.39 Å². The van der Waals surface area contributed by atoms with Crippen LogP contribution in [0.5, 0.6) is 0 Å². The third kappa shape index (κ3) is 3.78. The molecule has 0 aliphatic carbocycles. The van der Waals surface area contributed by atoms with Gasteiger partial charge in [0.25, 0.3) is 0 Å². The van der Waals surface area contributed by atoms with Crippen molar-refractivity contribution in [3.8, 4) is 11.1 Å². The molecular weight excluding hydrogens is 306 g/mol. The van der Waals surface area contributed by atoms with Gasteiger partial charge in [-0.25, -0.2) is 4.39 Å². The highest BCUT2D eigenvalue weighted by Gasteiger charge is 2.15. The minimum Gasteiger partial charge on any atom is -0.205 e. The average Bonchev–Trinajstić information content (AvgIpc) is 2.48. The summed E-state index contributed by atoms with van der Waals surface area (Å²) in [6.45, 7) is 4.36. The molecule has 2 aromatic rings. The Kier molecular flexibility index (Phi) is 5.66. The van der Waals surface area contributed by atoms with Crippen LogP contribution in [0.3, 0.4) is 0 Å². The van der Waals surface area contributed by atoms with Crippen molar-refractivity contribution in [3.05, 3.63) is 57.8 Å². The summed E-state index contributed by atoms with van der Waals surface area (Å²) in [5.41, 5.74) is 3.05. The quantitative estimate of drug-likeness (QED) is 0.550. The fraction of sp³-hybridized carbons (Fsp3) is 0.333. The van der Waals surface area contributed by atoms with Crippen molar-refractivity contribution in [1.82, 2.24) is 0 Å². The lowest BCUT2D eigenvalue weighted by Crippen LogP contribution is -2.00. The number of hydrogen-bond acceptors (Lipinski definition) is 0. The molecule has 0 radical (unpaired) electrons. The third-order valence-corrected chi connectivity index (χ3v) is 4.36. The van der Waals surface area contributed by atoms with Gasteiger partial charge < -0.3 is 0 Å². The molecule has 112 valence electrons. The van der Waals surface area contributed by atoms with Crippen molar-refractivity contribution in [2.45, 2.75) is 39.0 Å². The number of rotatable bonds is 5. The highest BCUT2D eigenvalue weighted by molar-refractivity contribution is 6.31. The third-order valence-electron chi connectivity index (χ3n) is 3.82. The van der Waals surface area contributed by atoms with Crippen molar-refractivity contribution in [3.63, 3.8) is 0 Å². The number of halogens is 3. The van der Waals surface area contributed by atoms with E-state index >= 15 is 0 Å². The Morgan fingerprint density at radius 2 is 1.81 bits per heavy atom. The lowest BCUT2D eigenvalue weighted by Gasteiger charge is -2.19. The molecule has 2 rings (SSSR count). The molecule has 2 aromatic carbocycles. The van der Waals surface area contributed by atoms with E-state index < -0.39 is 5.82 Å². The van der Waals surface area contributed by atoms with Crippen LogP contribution in [0, 0.1) is 5.82 Å². The molecule has 0 aliphatic heterocycles. The lowest BCUT2D eigenvalue weighted by molar-refractivity contribution is 0.597. The van der Waals surface area contributed by atoms with E-state index in [0.717, 1.165) is 30.4 Å². The first-order valence-electron chi connectivity index (χ1n) is 7.31. The van der Waals surface area contributed by atoms with Crippen molar-refractivity contribution in [2.24, 2.45) is 0 Å². The number of benzene rings is 2. The van der Waals surface area contributed by atoms with Crippen molar-refractivity contribution in [1.29, 1.82) is 0 Å². The van der Waals surface area contributed by atoms with Crippen LogP contribution in [0.15, 0.2) is 36.4 Å². The van der Waals surface area contributed by atoms with Crippen LogP contribution in [-0.4, -0.2) is 0 Å². The maximum absolute atomic E-state index is 13.8. The van der Waals surface area contributed by atoms with Crippen LogP contribution in [0.4, 0.5) is 4.39 Å². The van der Waals surface area contributed by atoms with Crippen LogP contribution in [-0.2, 0) is 0 Å². The molecule has 0 amide bonds. The van der Waals surface area contributed by atoms with Gasteiger partial charge >= 0.3 is 0 Å². The van der Waals surface area contributed by atoms with Gasteiger partial charge in [0.1, 0.15) is 5.82 Å². The van der Waals surface area contributed by atoms with Gasteiger partial charge in [-0.15, -0.1) is 0 Å². The Labute approximate surface area is 135 Å². The summed E-state index contributed by atoms with van der Waals surface area (Å²) >= 11 is 11.9. The Hall–Kier alpha value is -1.05. The Balaban J connectivity index is 2.55. The topological polar surface area (TPSA) is 0 Å². The van der Waals surface area contributed by atoms with Crippen LogP contribution < -0.4 is 0 Å². The van der Waals surface area contributed by atoms with Gasteiger partial charge in [-0.1, -0.05) is 55.6 Å². The second-order valence-corrected chi connectivity index (χ2v) is 6.10. The van der Waals surface area contributed by atoms with E-state index in [2.05, 4.69) is 19.9 Å². The van der Waals surface area contributed by atoms with Crippen LogP contribution in [0.2, 0.25) is 10.0 Å². The molecule has 0 aromatic heterocycles. The first kappa shape index (κ1) is 16.3. The van der Waals surface area contributed by atoms with Gasteiger partial charge in [0.05, 0.1) is 5.02 Å². The molecule has 0 nitrogen and oxygen atoms in total. The summed E-state index contributed by atoms with van der Waals surface area (Å²) in [5, 5.41) is 0.804. The highest BCUT2D eigenvalue weighted by Crippen LogP contribution is 2.36.